The summed E-state index contributed by atoms with van der Waals surface area (Å²) in [7, 11) is -3.16. The number of nitrogens with zero attached hydrogens (tertiary/aromatic N) is 6. The molecule has 3 aliphatic heterocycles. The number of aliphatic hydroxyl groups is 1. The molecular formula is C55H80F2N6O5Si2. The molecule has 11 nitrogen and oxygen atoms in total. The van der Waals surface area contributed by atoms with Gasteiger partial charge in [-0.1, -0.05) is 95.1 Å². The second-order valence-corrected chi connectivity index (χ2v) is 33.7. The lowest BCUT2D eigenvalue weighted by molar-refractivity contribution is -0.0331. The number of halogens is 2. The normalized spacial score (nSPS) is 21.2. The van der Waals surface area contributed by atoms with Crippen molar-refractivity contribution in [1.82, 2.24) is 24.8 Å². The summed E-state index contributed by atoms with van der Waals surface area (Å²) in [5.41, 5.74) is 4.58. The predicted octanol–water partition coefficient (Wildman–Crippen LogP) is 13.0. The number of anilines is 1. The fourth-order valence-electron chi connectivity index (χ4n) is 13.0. The molecule has 0 unspecified atom stereocenters. The Balaban J connectivity index is 1.44. The van der Waals surface area contributed by atoms with Gasteiger partial charge in [-0.15, -0.1) is 5.54 Å². The zero-order valence-corrected chi connectivity index (χ0v) is 46.7. The minimum Gasteiger partial charge on any atom is -0.543 e. The molecule has 15 heteroatoms. The molecule has 3 saturated heterocycles. The second-order valence-electron chi connectivity index (χ2n) is 22.8. The van der Waals surface area contributed by atoms with E-state index in [1.165, 1.54) is 6.07 Å². The standard InChI is InChI=1S/C55H80F2N6O5Si2/c1-16-61(15)53(64)67-46-21-25-55(24-18-27-63(46)55)33-66-52-59-50-44(51(60-52)62-26-17-23-54(14,65)32-62)31-58-49(48(50)57)43-30-41(68-70(37(8)9,38(10)11)39(12)13)29-40-19-20-45(56)42(47(40)43)22-28-69(34(2)3,35(4)5)36(6)7/h19-20,29-31,34-39,46,65H,16-18,21,23-27,32-33H2,1-15H3/t46-,54+,55+/m0/s1. The number of carbonyl (C=O) groups is 1. The Morgan fingerprint density at radius 3 is 2.19 bits per heavy atom. The monoisotopic (exact) mass is 999 g/mol. The van der Waals surface area contributed by atoms with Crippen LogP contribution in [0.15, 0.2) is 30.5 Å². The van der Waals surface area contributed by atoms with Crippen molar-refractivity contribution in [2.75, 3.05) is 44.7 Å². The summed E-state index contributed by atoms with van der Waals surface area (Å²) in [6.45, 7) is 32.8. The third kappa shape index (κ3) is 9.80. The number of β-amino-alcohol motifs (C(OH)–C–C–N with tert-alkyl or cyclic N) is 1. The lowest BCUT2D eigenvalue weighted by Crippen LogP contribution is -2.50. The molecule has 5 heterocycles. The summed E-state index contributed by atoms with van der Waals surface area (Å²) in [6, 6.07) is 7.01. The Kier molecular flexibility index (Phi) is 15.7. The molecular weight excluding hydrogens is 919 g/mol. The fourth-order valence-corrected chi connectivity index (χ4v) is 23.4. The smallest absolute Gasteiger partial charge is 0.411 e. The van der Waals surface area contributed by atoms with Gasteiger partial charge in [0.05, 0.1) is 22.1 Å². The van der Waals surface area contributed by atoms with Crippen LogP contribution in [0.25, 0.3) is 32.9 Å². The molecule has 2 aromatic heterocycles. The third-order valence-corrected chi connectivity index (χ3v) is 28.8. The highest BCUT2D eigenvalue weighted by molar-refractivity contribution is 6.90. The summed E-state index contributed by atoms with van der Waals surface area (Å²) in [5, 5.41) is 12.8. The summed E-state index contributed by atoms with van der Waals surface area (Å²) in [6.07, 6.45) is 5.32. The van der Waals surface area contributed by atoms with Gasteiger partial charge in [0.1, 0.15) is 43.3 Å². The Morgan fingerprint density at radius 2 is 1.57 bits per heavy atom. The zero-order chi connectivity index (χ0) is 51.2. The van der Waals surface area contributed by atoms with E-state index >= 15 is 8.78 Å². The molecule has 2 aromatic carbocycles. The molecule has 0 radical (unpaired) electrons. The van der Waals surface area contributed by atoms with E-state index in [9.17, 15) is 9.90 Å². The second kappa shape index (κ2) is 20.6. The van der Waals surface area contributed by atoms with Crippen LogP contribution in [0.3, 0.4) is 0 Å². The maximum Gasteiger partial charge on any atom is 0.411 e. The summed E-state index contributed by atoms with van der Waals surface area (Å²) in [5.74, 6) is 3.23. The van der Waals surface area contributed by atoms with Crippen LogP contribution < -0.4 is 14.1 Å². The van der Waals surface area contributed by atoms with Crippen LogP contribution in [0.4, 0.5) is 19.4 Å². The molecule has 0 saturated carbocycles. The molecule has 0 spiro atoms. The van der Waals surface area contributed by atoms with Crippen molar-refractivity contribution in [3.63, 3.8) is 0 Å². The highest BCUT2D eigenvalue weighted by atomic mass is 28.4. The number of benzene rings is 2. The van der Waals surface area contributed by atoms with Crippen molar-refractivity contribution in [2.24, 2.45) is 0 Å². The van der Waals surface area contributed by atoms with Crippen molar-refractivity contribution >= 4 is 50.0 Å². The number of rotatable bonds is 15. The van der Waals surface area contributed by atoms with E-state index in [4.69, 9.17) is 28.9 Å². The van der Waals surface area contributed by atoms with E-state index in [0.29, 0.717) is 82.3 Å². The molecule has 382 valence electrons. The first kappa shape index (κ1) is 53.4. The number of pyridine rings is 1. The van der Waals surface area contributed by atoms with Gasteiger partial charge in [0.15, 0.2) is 12.0 Å². The van der Waals surface area contributed by atoms with Gasteiger partial charge >= 0.3 is 12.1 Å². The van der Waals surface area contributed by atoms with Crippen LogP contribution in [-0.2, 0) is 4.74 Å². The van der Waals surface area contributed by atoms with Crippen molar-refractivity contribution < 1.29 is 32.6 Å². The minimum absolute atomic E-state index is 0.00134. The molecule has 0 bridgehead atoms. The summed E-state index contributed by atoms with van der Waals surface area (Å²) in [4.78, 5) is 33.3. The van der Waals surface area contributed by atoms with Crippen molar-refractivity contribution in [2.45, 2.75) is 186 Å². The topological polar surface area (TPSA) is 113 Å². The van der Waals surface area contributed by atoms with Gasteiger partial charge in [-0.25, -0.2) is 13.6 Å². The van der Waals surface area contributed by atoms with Crippen molar-refractivity contribution in [1.29, 1.82) is 0 Å². The van der Waals surface area contributed by atoms with E-state index in [0.717, 1.165) is 25.8 Å². The average molecular weight is 999 g/mol. The number of amides is 1. The molecule has 3 aliphatic rings. The fraction of sp³-hybridized carbons (Fsp3) is 0.636. The third-order valence-electron chi connectivity index (χ3n) is 16.5. The maximum atomic E-state index is 18.3. The van der Waals surface area contributed by atoms with Crippen LogP contribution in [0, 0.1) is 23.1 Å². The Bertz CT molecular complexity index is 2590. The van der Waals surface area contributed by atoms with Gasteiger partial charge in [0.2, 0.25) is 0 Å². The Hall–Kier alpha value is -4.37. The summed E-state index contributed by atoms with van der Waals surface area (Å²) >= 11 is 0. The lowest BCUT2D eigenvalue weighted by Gasteiger charge is -2.42. The van der Waals surface area contributed by atoms with Crippen molar-refractivity contribution in [3.8, 4) is 34.5 Å². The highest BCUT2D eigenvalue weighted by Gasteiger charge is 2.52. The Morgan fingerprint density at radius 1 is 0.914 bits per heavy atom. The number of ether oxygens (including phenoxy) is 2. The molecule has 7 rings (SSSR count). The van der Waals surface area contributed by atoms with E-state index < -0.39 is 39.2 Å². The number of hydrogen-bond acceptors (Lipinski definition) is 10. The van der Waals surface area contributed by atoms with Gasteiger partial charge in [0.25, 0.3) is 8.32 Å². The van der Waals surface area contributed by atoms with Crippen LogP contribution in [0.2, 0.25) is 33.2 Å². The van der Waals surface area contributed by atoms with Gasteiger partial charge in [-0.3, -0.25) is 9.88 Å². The van der Waals surface area contributed by atoms with Crippen molar-refractivity contribution in [3.05, 3.63) is 47.7 Å². The largest absolute Gasteiger partial charge is 0.543 e. The number of fused-ring (bicyclic) bond motifs is 3. The zero-order valence-electron chi connectivity index (χ0n) is 44.7. The molecule has 0 aliphatic carbocycles. The average Bonchev–Trinajstić information content (AvgIpc) is 3.86. The first-order valence-electron chi connectivity index (χ1n) is 26.1. The number of carbonyl (C=O) groups excluding carboxylic acids is 1. The number of piperidine rings is 1. The lowest BCUT2D eigenvalue weighted by atomic mass is 9.94. The van der Waals surface area contributed by atoms with Gasteiger partial charge in [0, 0.05) is 56.8 Å². The number of hydrogen-bond donors (Lipinski definition) is 1. The quantitative estimate of drug-likeness (QED) is 0.0912. The number of aromatic nitrogens is 3. The van der Waals surface area contributed by atoms with Crippen LogP contribution in [0.5, 0.6) is 11.8 Å². The van der Waals surface area contributed by atoms with Crippen LogP contribution in [-0.4, -0.2) is 110 Å². The van der Waals surface area contributed by atoms with Gasteiger partial charge in [-0.05, 0) is 103 Å². The van der Waals surface area contributed by atoms with E-state index in [-0.39, 0.29) is 64.9 Å². The molecule has 4 aromatic rings. The maximum absolute atomic E-state index is 18.3. The van der Waals surface area contributed by atoms with Gasteiger partial charge < -0.3 is 28.8 Å². The van der Waals surface area contributed by atoms with E-state index in [2.05, 4.69) is 99.4 Å². The highest BCUT2D eigenvalue weighted by Crippen LogP contribution is 2.47. The first-order valence-corrected chi connectivity index (χ1v) is 30.4. The molecule has 1 amide bonds. The molecule has 3 atom stereocenters. The molecule has 1 N–H and O–H groups in total. The molecule has 70 heavy (non-hydrogen) atoms. The van der Waals surface area contributed by atoms with Gasteiger partial charge in [-0.2, -0.15) is 9.97 Å². The summed E-state index contributed by atoms with van der Waals surface area (Å²) < 4.78 is 54.9. The SMILES string of the molecule is CCN(C)C(=O)O[C@H]1CC[C@@]2(COc3nc(N4CCC[C@@](C)(O)C4)c4cnc(-c5cc(O[Si](C(C)C)(C(C)C)C(C)C)cc6ccc(F)c(C#C[Si](C(C)C)(C(C)C)C(C)C)c56)c(F)c4n3)CCCN12. The van der Waals surface area contributed by atoms with E-state index in [1.807, 2.05) is 24.0 Å². The Labute approximate surface area is 418 Å². The minimum atomic E-state index is -2.54. The predicted molar refractivity (Wildman–Crippen MR) is 284 cm³/mol. The van der Waals surface area contributed by atoms with E-state index in [1.54, 1.807) is 31.1 Å². The molecule has 3 fully saturated rings. The first-order chi connectivity index (χ1) is 32.9. The van der Waals surface area contributed by atoms with Crippen LogP contribution in [0.1, 0.15) is 141 Å². The van der Waals surface area contributed by atoms with Crippen LogP contribution >= 0.6 is 0 Å².